The minimum absolute atomic E-state index is 0.0668. The van der Waals surface area contributed by atoms with Gasteiger partial charge in [-0.3, -0.25) is 9.69 Å². The van der Waals surface area contributed by atoms with Gasteiger partial charge in [-0.25, -0.2) is 4.68 Å². The molecule has 3 rings (SSSR count). The van der Waals surface area contributed by atoms with E-state index in [1.54, 1.807) is 0 Å². The number of fused-ring (bicyclic) bond motifs is 1. The van der Waals surface area contributed by atoms with Crippen molar-refractivity contribution in [1.82, 2.24) is 30.1 Å². The van der Waals surface area contributed by atoms with Crippen molar-refractivity contribution in [1.29, 1.82) is 0 Å². The molecule has 180 valence electrons. The van der Waals surface area contributed by atoms with Crippen LogP contribution in [0.2, 0.25) is 0 Å². The number of hydrogen-bond donors (Lipinski definition) is 2. The zero-order chi connectivity index (χ0) is 24.2. The highest BCUT2D eigenvalue weighted by atomic mass is 16.5. The van der Waals surface area contributed by atoms with Gasteiger partial charge in [-0.2, -0.15) is 0 Å². The largest absolute Gasteiger partial charge is 0.494 e. The minimum Gasteiger partial charge on any atom is -0.494 e. The first-order valence-corrected chi connectivity index (χ1v) is 11.6. The molecule has 2 heterocycles. The third kappa shape index (κ3) is 5.78. The maximum absolute atomic E-state index is 12.9. The average Bonchev–Trinajstić information content (AvgIpc) is 3.22. The van der Waals surface area contributed by atoms with Crippen LogP contribution in [-0.4, -0.2) is 55.0 Å². The number of rotatable bonds is 10. The number of pyridine rings is 1. The maximum Gasteiger partial charge on any atom is 0.252 e. The summed E-state index contributed by atoms with van der Waals surface area (Å²) in [7, 11) is 0. The summed E-state index contributed by atoms with van der Waals surface area (Å²) in [6.45, 7) is 14.0. The number of aliphatic hydroxyl groups is 1. The van der Waals surface area contributed by atoms with E-state index < -0.39 is 0 Å². The molecular weight excluding hydrogens is 420 g/mol. The van der Waals surface area contributed by atoms with Crippen molar-refractivity contribution in [3.8, 4) is 5.75 Å². The normalized spacial score (nSPS) is 13.2. The third-order valence-electron chi connectivity index (χ3n) is 5.60. The molecule has 1 unspecified atom stereocenters. The molecule has 33 heavy (non-hydrogen) atoms. The number of tetrazole rings is 1. The zero-order valence-electron chi connectivity index (χ0n) is 20.5. The first kappa shape index (κ1) is 24.9. The van der Waals surface area contributed by atoms with E-state index in [0.717, 1.165) is 22.5 Å². The summed E-state index contributed by atoms with van der Waals surface area (Å²) in [5.74, 6) is 1.70. The number of ether oxygens (including phenoxy) is 1. The summed E-state index contributed by atoms with van der Waals surface area (Å²) in [4.78, 5) is 18.1. The van der Waals surface area contributed by atoms with Crippen molar-refractivity contribution in [2.24, 2.45) is 5.92 Å². The topological polar surface area (TPSA) is 109 Å². The summed E-state index contributed by atoms with van der Waals surface area (Å²) in [5, 5.41) is 23.0. The van der Waals surface area contributed by atoms with Crippen LogP contribution in [0.25, 0.3) is 10.9 Å². The van der Waals surface area contributed by atoms with Crippen molar-refractivity contribution < 1.29 is 9.84 Å². The Kier molecular flexibility index (Phi) is 7.86. The molecule has 0 aliphatic rings. The second-order valence-corrected chi connectivity index (χ2v) is 9.66. The molecule has 0 spiro atoms. The van der Waals surface area contributed by atoms with Crippen molar-refractivity contribution >= 4 is 10.9 Å². The van der Waals surface area contributed by atoms with Gasteiger partial charge in [-0.1, -0.05) is 13.8 Å². The van der Waals surface area contributed by atoms with Gasteiger partial charge in [-0.05, 0) is 74.7 Å². The molecular formula is C24H36N6O3. The average molecular weight is 457 g/mol. The molecule has 0 aliphatic heterocycles. The molecule has 1 aromatic carbocycles. The number of nitrogens with one attached hydrogen (secondary N) is 1. The summed E-state index contributed by atoms with van der Waals surface area (Å²) in [6, 6.07) is 7.46. The smallest absolute Gasteiger partial charge is 0.252 e. The predicted molar refractivity (Wildman–Crippen MR) is 128 cm³/mol. The van der Waals surface area contributed by atoms with E-state index in [4.69, 9.17) is 4.74 Å². The van der Waals surface area contributed by atoms with Crippen LogP contribution in [0.1, 0.15) is 65.4 Å². The maximum atomic E-state index is 12.9. The van der Waals surface area contributed by atoms with Crippen molar-refractivity contribution in [2.45, 2.75) is 66.1 Å². The Morgan fingerprint density at radius 3 is 2.64 bits per heavy atom. The van der Waals surface area contributed by atoms with E-state index in [1.165, 1.54) is 0 Å². The highest BCUT2D eigenvalue weighted by Gasteiger charge is 2.32. The Balaban J connectivity index is 2.03. The Bertz CT molecular complexity index is 1120. The van der Waals surface area contributed by atoms with Crippen LogP contribution in [0.15, 0.2) is 29.1 Å². The number of hydrogen-bond acceptors (Lipinski definition) is 7. The van der Waals surface area contributed by atoms with Crippen molar-refractivity contribution in [3.63, 3.8) is 0 Å². The van der Waals surface area contributed by atoms with Crippen LogP contribution >= 0.6 is 0 Å². The molecule has 0 saturated carbocycles. The summed E-state index contributed by atoms with van der Waals surface area (Å²) < 4.78 is 7.48. The van der Waals surface area contributed by atoms with Gasteiger partial charge in [0.05, 0.1) is 18.2 Å². The summed E-state index contributed by atoms with van der Waals surface area (Å²) in [6.07, 6.45) is 0.584. The van der Waals surface area contributed by atoms with E-state index in [9.17, 15) is 9.90 Å². The summed E-state index contributed by atoms with van der Waals surface area (Å²) in [5.41, 5.74) is 1.00. The fourth-order valence-electron chi connectivity index (χ4n) is 4.15. The van der Waals surface area contributed by atoms with Crippen molar-refractivity contribution in [3.05, 3.63) is 46.0 Å². The van der Waals surface area contributed by atoms with Gasteiger partial charge < -0.3 is 14.8 Å². The Hall–Kier alpha value is -2.78. The lowest BCUT2D eigenvalue weighted by molar-refractivity contribution is 0.116. The molecule has 0 amide bonds. The SMILES string of the molecule is CCOc1ccc2[nH]c(=O)c(CN(CCCO)C(c3nnnn3C(C)(C)C)C(C)C)cc2c1. The number of benzene rings is 1. The van der Waals surface area contributed by atoms with E-state index in [-0.39, 0.29) is 29.7 Å². The highest BCUT2D eigenvalue weighted by molar-refractivity contribution is 5.80. The molecule has 0 bridgehead atoms. The van der Waals surface area contributed by atoms with E-state index >= 15 is 0 Å². The third-order valence-corrected chi connectivity index (χ3v) is 5.60. The zero-order valence-corrected chi connectivity index (χ0v) is 20.5. The minimum atomic E-state index is -0.287. The quantitative estimate of drug-likeness (QED) is 0.482. The van der Waals surface area contributed by atoms with Crippen LogP contribution in [0.5, 0.6) is 5.75 Å². The second kappa shape index (κ2) is 10.4. The predicted octanol–water partition coefficient (Wildman–Crippen LogP) is 3.25. The van der Waals surface area contributed by atoms with Crippen molar-refractivity contribution in [2.75, 3.05) is 19.8 Å². The molecule has 2 aromatic heterocycles. The summed E-state index contributed by atoms with van der Waals surface area (Å²) >= 11 is 0. The fraction of sp³-hybridized carbons (Fsp3) is 0.583. The fourth-order valence-corrected chi connectivity index (χ4v) is 4.15. The lowest BCUT2D eigenvalue weighted by Crippen LogP contribution is -2.38. The Morgan fingerprint density at radius 1 is 1.24 bits per heavy atom. The molecule has 0 radical (unpaired) electrons. The van der Waals surface area contributed by atoms with Crippen LogP contribution in [0, 0.1) is 5.92 Å². The number of aromatic nitrogens is 5. The van der Waals surface area contributed by atoms with Crippen LogP contribution in [-0.2, 0) is 12.1 Å². The van der Waals surface area contributed by atoms with Gasteiger partial charge in [0.1, 0.15) is 5.75 Å². The molecule has 0 fully saturated rings. The van der Waals surface area contributed by atoms with Crippen LogP contribution in [0.4, 0.5) is 0 Å². The molecule has 2 N–H and O–H groups in total. The first-order chi connectivity index (χ1) is 15.7. The standard InChI is InChI=1S/C24H36N6O3/c1-7-33-19-9-10-20-17(14-19)13-18(23(32)25-20)15-29(11-8-12-31)21(16(2)3)22-26-27-28-30(22)24(4,5)6/h9-10,13-14,16,21,31H,7-8,11-12,15H2,1-6H3,(H,25,32). The molecule has 9 heteroatoms. The molecule has 3 aromatic rings. The molecule has 9 nitrogen and oxygen atoms in total. The van der Waals surface area contributed by atoms with Gasteiger partial charge in [0.2, 0.25) is 0 Å². The highest BCUT2D eigenvalue weighted by Crippen LogP contribution is 2.31. The molecule has 1 atom stereocenters. The van der Waals surface area contributed by atoms with Gasteiger partial charge in [-0.15, -0.1) is 5.10 Å². The number of aliphatic hydroxyl groups excluding tert-OH is 1. The van der Waals surface area contributed by atoms with Crippen LogP contribution < -0.4 is 10.3 Å². The lowest BCUT2D eigenvalue weighted by Gasteiger charge is -2.35. The number of nitrogens with zero attached hydrogens (tertiary/aromatic N) is 5. The monoisotopic (exact) mass is 456 g/mol. The number of H-pyrrole nitrogens is 1. The molecule has 0 aliphatic carbocycles. The van der Waals surface area contributed by atoms with E-state index in [1.807, 2.05) is 35.9 Å². The Labute approximate surface area is 194 Å². The van der Waals surface area contributed by atoms with Gasteiger partial charge in [0.15, 0.2) is 5.82 Å². The number of aromatic amines is 1. The lowest BCUT2D eigenvalue weighted by atomic mass is 9.98. The van der Waals surface area contributed by atoms with E-state index in [0.29, 0.717) is 31.7 Å². The van der Waals surface area contributed by atoms with Gasteiger partial charge in [0.25, 0.3) is 5.56 Å². The van der Waals surface area contributed by atoms with Crippen LogP contribution in [0.3, 0.4) is 0 Å². The second-order valence-electron chi connectivity index (χ2n) is 9.66. The first-order valence-electron chi connectivity index (χ1n) is 11.6. The Morgan fingerprint density at radius 2 is 2.00 bits per heavy atom. The van der Waals surface area contributed by atoms with E-state index in [2.05, 4.69) is 60.0 Å². The van der Waals surface area contributed by atoms with Gasteiger partial charge in [0, 0.05) is 36.2 Å². The van der Waals surface area contributed by atoms with Gasteiger partial charge >= 0.3 is 0 Å². The molecule has 0 saturated heterocycles.